The van der Waals surface area contributed by atoms with Crippen molar-refractivity contribution in [2.75, 3.05) is 0 Å². The van der Waals surface area contributed by atoms with Crippen LogP contribution in [0.25, 0.3) is 0 Å². The van der Waals surface area contributed by atoms with Crippen LogP contribution in [0.2, 0.25) is 5.02 Å². The lowest BCUT2D eigenvalue weighted by molar-refractivity contribution is -0.544. The second-order valence-corrected chi connectivity index (χ2v) is 6.25. The molecule has 0 amide bonds. The van der Waals surface area contributed by atoms with E-state index in [0.29, 0.717) is 16.3 Å². The van der Waals surface area contributed by atoms with Crippen LogP contribution in [0.5, 0.6) is 0 Å². The molecule has 1 aliphatic heterocycles. The van der Waals surface area contributed by atoms with Crippen LogP contribution in [0.15, 0.2) is 54.6 Å². The van der Waals surface area contributed by atoms with Gasteiger partial charge in [0.05, 0.1) is 10.6 Å². The maximum absolute atomic E-state index is 12.9. The van der Waals surface area contributed by atoms with E-state index in [9.17, 15) is 10.4 Å². The highest BCUT2D eigenvalue weighted by molar-refractivity contribution is 6.31. The van der Waals surface area contributed by atoms with Crippen molar-refractivity contribution in [2.45, 2.75) is 25.6 Å². The van der Waals surface area contributed by atoms with E-state index in [1.165, 1.54) is 0 Å². The van der Waals surface area contributed by atoms with Crippen molar-refractivity contribution >= 4 is 17.3 Å². The first-order valence-corrected chi connectivity index (χ1v) is 7.44. The fourth-order valence-corrected chi connectivity index (χ4v) is 3.16. The standard InChI is InChI=1S/C17H17ClN2O2/c1-17(2)15(12-8-4-3-5-9-12)19(21)16(20(17)22)13-10-6-7-11-14(13)18/h3-11,16,22H,1-2H3. The van der Waals surface area contributed by atoms with E-state index in [1.807, 2.05) is 44.2 Å². The van der Waals surface area contributed by atoms with Gasteiger partial charge in [-0.25, -0.2) is 0 Å². The van der Waals surface area contributed by atoms with Crippen molar-refractivity contribution in [1.29, 1.82) is 0 Å². The first-order chi connectivity index (χ1) is 10.4. The third-order valence-corrected chi connectivity index (χ3v) is 4.40. The summed E-state index contributed by atoms with van der Waals surface area (Å²) < 4.78 is 0.844. The molecule has 5 heteroatoms. The first-order valence-electron chi connectivity index (χ1n) is 7.06. The lowest BCUT2D eigenvalue weighted by atomic mass is 9.93. The molecule has 0 saturated carbocycles. The molecule has 114 valence electrons. The van der Waals surface area contributed by atoms with Gasteiger partial charge in [-0.2, -0.15) is 4.74 Å². The molecule has 0 bridgehead atoms. The Bertz CT molecular complexity index is 728. The van der Waals surface area contributed by atoms with Crippen LogP contribution in [0.3, 0.4) is 0 Å². The molecule has 1 heterocycles. The molecular weight excluding hydrogens is 300 g/mol. The Morgan fingerprint density at radius 1 is 1.09 bits per heavy atom. The molecule has 1 aliphatic rings. The maximum atomic E-state index is 12.9. The van der Waals surface area contributed by atoms with E-state index in [0.717, 1.165) is 15.4 Å². The number of hydrogen-bond acceptors (Lipinski definition) is 3. The molecule has 0 saturated heterocycles. The second kappa shape index (κ2) is 5.39. The van der Waals surface area contributed by atoms with Gasteiger partial charge in [-0.3, -0.25) is 0 Å². The zero-order valence-corrected chi connectivity index (χ0v) is 13.2. The Morgan fingerprint density at radius 2 is 1.68 bits per heavy atom. The topological polar surface area (TPSA) is 49.5 Å². The number of hydrogen-bond donors (Lipinski definition) is 1. The van der Waals surface area contributed by atoms with Gasteiger partial charge in [0.2, 0.25) is 5.71 Å². The SMILES string of the molecule is CC1(C)C(c2ccccc2)=[N+]([O-])C(c2ccccc2Cl)N1O. The Morgan fingerprint density at radius 3 is 2.32 bits per heavy atom. The van der Waals surface area contributed by atoms with Gasteiger partial charge in [0.15, 0.2) is 0 Å². The minimum absolute atomic E-state index is 0.456. The van der Waals surface area contributed by atoms with Crippen LogP contribution in [0.1, 0.15) is 31.1 Å². The quantitative estimate of drug-likeness (QED) is 0.677. The van der Waals surface area contributed by atoms with Crippen molar-refractivity contribution in [3.05, 3.63) is 76.0 Å². The fourth-order valence-electron chi connectivity index (χ4n) is 2.92. The molecule has 0 aliphatic carbocycles. The van der Waals surface area contributed by atoms with Gasteiger partial charge in [-0.15, -0.1) is 5.06 Å². The van der Waals surface area contributed by atoms with Crippen molar-refractivity contribution < 1.29 is 9.95 Å². The summed E-state index contributed by atoms with van der Waals surface area (Å²) in [7, 11) is 0. The van der Waals surface area contributed by atoms with E-state index in [1.54, 1.807) is 24.3 Å². The molecule has 0 fully saturated rings. The molecule has 2 aromatic carbocycles. The molecule has 1 N–H and O–H groups in total. The summed E-state index contributed by atoms with van der Waals surface area (Å²) in [4.78, 5) is 0. The Kier molecular flexibility index (Phi) is 3.68. The second-order valence-electron chi connectivity index (χ2n) is 5.84. The predicted octanol–water partition coefficient (Wildman–Crippen LogP) is 3.82. The summed E-state index contributed by atoms with van der Waals surface area (Å²) in [5.41, 5.74) is 1.06. The molecule has 0 radical (unpaired) electrons. The van der Waals surface area contributed by atoms with E-state index in [-0.39, 0.29) is 0 Å². The number of hydroxylamine groups is 3. The largest absolute Gasteiger partial charge is 0.622 e. The van der Waals surface area contributed by atoms with Crippen LogP contribution in [-0.2, 0) is 0 Å². The van der Waals surface area contributed by atoms with Gasteiger partial charge >= 0.3 is 0 Å². The smallest absolute Gasteiger partial charge is 0.269 e. The summed E-state index contributed by atoms with van der Waals surface area (Å²) in [6.45, 7) is 3.63. The summed E-state index contributed by atoms with van der Waals surface area (Å²) in [6.07, 6.45) is -0.862. The van der Waals surface area contributed by atoms with Gasteiger partial charge < -0.3 is 10.4 Å². The van der Waals surface area contributed by atoms with E-state index < -0.39 is 11.7 Å². The van der Waals surface area contributed by atoms with Crippen molar-refractivity contribution in [1.82, 2.24) is 5.06 Å². The number of rotatable bonds is 2. The molecule has 3 rings (SSSR count). The monoisotopic (exact) mass is 316 g/mol. The Labute approximate surface area is 134 Å². The average Bonchev–Trinajstić information content (AvgIpc) is 2.67. The number of nitrogens with zero attached hydrogens (tertiary/aromatic N) is 2. The van der Waals surface area contributed by atoms with Gasteiger partial charge in [-0.05, 0) is 38.1 Å². The lowest BCUT2D eigenvalue weighted by Crippen LogP contribution is -2.44. The highest BCUT2D eigenvalue weighted by Gasteiger charge is 2.53. The molecule has 1 atom stereocenters. The van der Waals surface area contributed by atoms with Gasteiger partial charge in [0.1, 0.15) is 5.54 Å². The maximum Gasteiger partial charge on any atom is 0.269 e. The minimum atomic E-state index is -0.862. The molecule has 1 unspecified atom stereocenters. The predicted molar refractivity (Wildman–Crippen MR) is 86.1 cm³/mol. The average molecular weight is 317 g/mol. The van der Waals surface area contributed by atoms with E-state index in [2.05, 4.69) is 0 Å². The van der Waals surface area contributed by atoms with E-state index in [4.69, 9.17) is 11.6 Å². The normalized spacial score (nSPS) is 21.4. The third-order valence-electron chi connectivity index (χ3n) is 4.06. The molecule has 0 aromatic heterocycles. The Hall–Kier alpha value is -1.88. The third kappa shape index (κ3) is 2.20. The lowest BCUT2D eigenvalue weighted by Gasteiger charge is -2.26. The van der Waals surface area contributed by atoms with Gasteiger partial charge in [-0.1, -0.05) is 41.9 Å². The number of benzene rings is 2. The van der Waals surface area contributed by atoms with Crippen LogP contribution >= 0.6 is 11.6 Å². The summed E-state index contributed by atoms with van der Waals surface area (Å²) >= 11 is 6.21. The number of halogens is 1. The van der Waals surface area contributed by atoms with Crippen molar-refractivity contribution in [3.8, 4) is 0 Å². The molecule has 0 spiro atoms. The molecule has 4 nitrogen and oxygen atoms in total. The van der Waals surface area contributed by atoms with Crippen molar-refractivity contribution in [3.63, 3.8) is 0 Å². The zero-order valence-electron chi connectivity index (χ0n) is 12.4. The molecule has 2 aromatic rings. The minimum Gasteiger partial charge on any atom is -0.622 e. The van der Waals surface area contributed by atoms with Gasteiger partial charge in [0, 0.05) is 5.56 Å². The van der Waals surface area contributed by atoms with E-state index >= 15 is 0 Å². The van der Waals surface area contributed by atoms with Crippen molar-refractivity contribution in [2.24, 2.45) is 0 Å². The summed E-state index contributed by atoms with van der Waals surface area (Å²) in [6, 6.07) is 16.4. The van der Waals surface area contributed by atoms with Gasteiger partial charge in [0.25, 0.3) is 6.17 Å². The van der Waals surface area contributed by atoms with Crippen LogP contribution in [-0.4, -0.2) is 26.3 Å². The molecule has 22 heavy (non-hydrogen) atoms. The zero-order chi connectivity index (χ0) is 15.9. The fraction of sp³-hybridized carbons (Fsp3) is 0.235. The summed E-state index contributed by atoms with van der Waals surface area (Å²) in [5.74, 6) is 0. The summed E-state index contributed by atoms with van der Waals surface area (Å²) in [5, 5.41) is 25.0. The highest BCUT2D eigenvalue weighted by Crippen LogP contribution is 2.38. The van der Waals surface area contributed by atoms with Crippen LogP contribution in [0.4, 0.5) is 0 Å². The highest BCUT2D eigenvalue weighted by atomic mass is 35.5. The van der Waals surface area contributed by atoms with Crippen LogP contribution < -0.4 is 0 Å². The first kappa shape index (κ1) is 15.0. The van der Waals surface area contributed by atoms with Crippen LogP contribution in [0, 0.1) is 5.21 Å². The molecular formula is C17H17ClN2O2. The Balaban J connectivity index is 2.18.